The van der Waals surface area contributed by atoms with Crippen molar-refractivity contribution in [2.24, 2.45) is 10.9 Å². The molecule has 0 aliphatic heterocycles. The van der Waals surface area contributed by atoms with E-state index in [1.807, 2.05) is 0 Å². The maximum Gasteiger partial charge on any atom is 0.0517 e. The first-order valence-corrected chi connectivity index (χ1v) is 3.80. The Morgan fingerprint density at radius 2 is 2.00 bits per heavy atom. The largest absolute Gasteiger partial charge is 0.297 e. The molecule has 52 valence electrons. The standard InChI is InChI=1S/C8H15N/c1-7-5-3-4-6-8(7)9-2/h7-8H,2-6H2,1H3/t7-,8-/m1/s1. The molecule has 0 radical (unpaired) electrons. The van der Waals surface area contributed by atoms with Crippen molar-refractivity contribution >= 4 is 6.72 Å². The van der Waals surface area contributed by atoms with Crippen molar-refractivity contribution in [2.45, 2.75) is 38.6 Å². The fourth-order valence-electron chi connectivity index (χ4n) is 1.57. The second-order valence-corrected chi connectivity index (χ2v) is 3.01. The maximum absolute atomic E-state index is 4.08. The zero-order chi connectivity index (χ0) is 6.69. The zero-order valence-electron chi connectivity index (χ0n) is 6.14. The molecule has 1 saturated carbocycles. The van der Waals surface area contributed by atoms with Gasteiger partial charge in [0.2, 0.25) is 0 Å². The molecule has 0 amide bonds. The summed E-state index contributed by atoms with van der Waals surface area (Å²) in [7, 11) is 0. The molecule has 0 bridgehead atoms. The lowest BCUT2D eigenvalue weighted by molar-refractivity contribution is 0.334. The molecule has 0 heterocycles. The highest BCUT2D eigenvalue weighted by molar-refractivity contribution is 5.24. The summed E-state index contributed by atoms with van der Waals surface area (Å²) in [6.07, 6.45) is 5.37. The molecule has 0 saturated heterocycles. The molecular weight excluding hydrogens is 110 g/mol. The lowest BCUT2D eigenvalue weighted by Crippen LogP contribution is -2.19. The molecule has 1 nitrogen and oxygen atoms in total. The maximum atomic E-state index is 4.08. The van der Waals surface area contributed by atoms with Crippen LogP contribution in [-0.4, -0.2) is 12.8 Å². The van der Waals surface area contributed by atoms with Gasteiger partial charge in [-0.1, -0.05) is 19.8 Å². The van der Waals surface area contributed by atoms with E-state index in [4.69, 9.17) is 0 Å². The van der Waals surface area contributed by atoms with E-state index < -0.39 is 0 Å². The number of hydrogen-bond donors (Lipinski definition) is 0. The van der Waals surface area contributed by atoms with Crippen molar-refractivity contribution in [3.05, 3.63) is 0 Å². The van der Waals surface area contributed by atoms with Crippen LogP contribution in [0.2, 0.25) is 0 Å². The summed E-state index contributed by atoms with van der Waals surface area (Å²) in [6, 6.07) is 0.568. The van der Waals surface area contributed by atoms with E-state index in [0.717, 1.165) is 5.92 Å². The van der Waals surface area contributed by atoms with E-state index in [-0.39, 0.29) is 0 Å². The molecule has 1 aliphatic carbocycles. The van der Waals surface area contributed by atoms with Crippen LogP contribution in [0.1, 0.15) is 32.6 Å². The van der Waals surface area contributed by atoms with Crippen LogP contribution in [0.25, 0.3) is 0 Å². The van der Waals surface area contributed by atoms with Crippen LogP contribution in [0, 0.1) is 5.92 Å². The molecule has 2 atom stereocenters. The minimum absolute atomic E-state index is 0.568. The fourth-order valence-corrected chi connectivity index (χ4v) is 1.57. The number of rotatable bonds is 1. The van der Waals surface area contributed by atoms with E-state index in [2.05, 4.69) is 18.6 Å². The van der Waals surface area contributed by atoms with Crippen LogP contribution in [0.3, 0.4) is 0 Å². The third-order valence-electron chi connectivity index (χ3n) is 2.30. The Kier molecular flexibility index (Phi) is 2.26. The Labute approximate surface area is 57.2 Å². The van der Waals surface area contributed by atoms with Crippen molar-refractivity contribution in [3.8, 4) is 0 Å². The Bertz CT molecular complexity index is 98.7. The van der Waals surface area contributed by atoms with Crippen molar-refractivity contribution in [3.63, 3.8) is 0 Å². The third-order valence-corrected chi connectivity index (χ3v) is 2.30. The van der Waals surface area contributed by atoms with Crippen LogP contribution in [-0.2, 0) is 0 Å². The summed E-state index contributed by atoms with van der Waals surface area (Å²) in [4.78, 5) is 4.08. The monoisotopic (exact) mass is 125 g/mol. The Hall–Kier alpha value is -0.330. The Morgan fingerprint density at radius 1 is 1.33 bits per heavy atom. The SMILES string of the molecule is C=N[C@@H]1CCCC[C@H]1C. The van der Waals surface area contributed by atoms with Gasteiger partial charge in [-0.2, -0.15) is 0 Å². The topological polar surface area (TPSA) is 12.4 Å². The quantitative estimate of drug-likeness (QED) is 0.477. The highest BCUT2D eigenvalue weighted by Gasteiger charge is 2.18. The smallest absolute Gasteiger partial charge is 0.0517 e. The van der Waals surface area contributed by atoms with E-state index in [0.29, 0.717) is 6.04 Å². The number of hydrogen-bond acceptors (Lipinski definition) is 1. The van der Waals surface area contributed by atoms with Gasteiger partial charge in [-0.3, -0.25) is 4.99 Å². The van der Waals surface area contributed by atoms with Crippen LogP contribution in [0.4, 0.5) is 0 Å². The summed E-state index contributed by atoms with van der Waals surface area (Å²) in [5, 5.41) is 0. The van der Waals surface area contributed by atoms with Gasteiger partial charge in [-0.25, -0.2) is 0 Å². The van der Waals surface area contributed by atoms with Gasteiger partial charge in [-0.15, -0.1) is 0 Å². The zero-order valence-corrected chi connectivity index (χ0v) is 6.14. The molecule has 0 aromatic carbocycles. The van der Waals surface area contributed by atoms with Crippen LogP contribution in [0.15, 0.2) is 4.99 Å². The minimum Gasteiger partial charge on any atom is -0.297 e. The van der Waals surface area contributed by atoms with Crippen LogP contribution < -0.4 is 0 Å². The van der Waals surface area contributed by atoms with Crippen molar-refractivity contribution < 1.29 is 0 Å². The first-order chi connectivity index (χ1) is 4.34. The highest BCUT2D eigenvalue weighted by atomic mass is 14.8. The van der Waals surface area contributed by atoms with Crippen molar-refractivity contribution in [1.82, 2.24) is 0 Å². The summed E-state index contributed by atoms with van der Waals surface area (Å²) in [5.74, 6) is 0.788. The summed E-state index contributed by atoms with van der Waals surface area (Å²) in [6.45, 7) is 5.86. The molecule has 0 aromatic heterocycles. The predicted octanol–water partition coefficient (Wildman–Crippen LogP) is 2.27. The van der Waals surface area contributed by atoms with E-state index in [1.54, 1.807) is 0 Å². The van der Waals surface area contributed by atoms with Crippen molar-refractivity contribution in [2.75, 3.05) is 0 Å². The lowest BCUT2D eigenvalue weighted by atomic mass is 9.86. The molecule has 0 N–H and O–H groups in total. The Morgan fingerprint density at radius 3 is 2.44 bits per heavy atom. The molecule has 1 aliphatic rings. The summed E-state index contributed by atoms with van der Waals surface area (Å²) >= 11 is 0. The molecule has 1 heteroatoms. The first kappa shape index (κ1) is 6.79. The molecule has 1 fully saturated rings. The van der Waals surface area contributed by atoms with Gasteiger partial charge in [0.15, 0.2) is 0 Å². The van der Waals surface area contributed by atoms with Crippen LogP contribution >= 0.6 is 0 Å². The molecule has 9 heavy (non-hydrogen) atoms. The molecule has 0 spiro atoms. The average Bonchev–Trinajstić information content (AvgIpc) is 1.89. The predicted molar refractivity (Wildman–Crippen MR) is 41.0 cm³/mol. The summed E-state index contributed by atoms with van der Waals surface area (Å²) < 4.78 is 0. The van der Waals surface area contributed by atoms with E-state index >= 15 is 0 Å². The summed E-state index contributed by atoms with van der Waals surface area (Å²) in [5.41, 5.74) is 0. The van der Waals surface area contributed by atoms with Gasteiger partial charge < -0.3 is 0 Å². The highest BCUT2D eigenvalue weighted by Crippen LogP contribution is 2.25. The number of aliphatic imine (C=N–C) groups is 1. The van der Waals surface area contributed by atoms with Gasteiger partial charge in [0.25, 0.3) is 0 Å². The normalized spacial score (nSPS) is 36.1. The Balaban J connectivity index is 2.38. The second kappa shape index (κ2) is 3.00. The van der Waals surface area contributed by atoms with Gasteiger partial charge in [0, 0.05) is 0 Å². The molecule has 1 rings (SSSR count). The molecule has 0 aromatic rings. The van der Waals surface area contributed by atoms with Crippen LogP contribution in [0.5, 0.6) is 0 Å². The fraction of sp³-hybridized carbons (Fsp3) is 0.875. The van der Waals surface area contributed by atoms with Crippen molar-refractivity contribution in [1.29, 1.82) is 0 Å². The lowest BCUT2D eigenvalue weighted by Gasteiger charge is -2.24. The minimum atomic E-state index is 0.568. The van der Waals surface area contributed by atoms with Gasteiger partial charge in [0.05, 0.1) is 6.04 Å². The molecule has 0 unspecified atom stereocenters. The third kappa shape index (κ3) is 1.54. The van der Waals surface area contributed by atoms with E-state index in [9.17, 15) is 0 Å². The van der Waals surface area contributed by atoms with Gasteiger partial charge in [0.1, 0.15) is 0 Å². The average molecular weight is 125 g/mol. The van der Waals surface area contributed by atoms with Gasteiger partial charge in [-0.05, 0) is 25.5 Å². The first-order valence-electron chi connectivity index (χ1n) is 3.80. The van der Waals surface area contributed by atoms with E-state index in [1.165, 1.54) is 25.7 Å². The number of nitrogens with zero attached hydrogens (tertiary/aromatic N) is 1. The van der Waals surface area contributed by atoms with Gasteiger partial charge >= 0.3 is 0 Å². The molecular formula is C8H15N. The second-order valence-electron chi connectivity index (χ2n) is 3.01.